The Hall–Kier alpha value is -1.75. The largest absolute Gasteiger partial charge is 0.450 e. The predicted molar refractivity (Wildman–Crippen MR) is 82.4 cm³/mol. The molecule has 0 aromatic heterocycles. The van der Waals surface area contributed by atoms with Crippen LogP contribution in [0.25, 0.3) is 0 Å². The number of fused-ring (bicyclic) bond motifs is 1. The number of likely N-dealkylation sites (N-methyl/N-ethyl adjacent to an activating group) is 1. The third-order valence-corrected chi connectivity index (χ3v) is 4.31. The van der Waals surface area contributed by atoms with Gasteiger partial charge in [-0.25, -0.2) is 4.79 Å². The number of piperazine rings is 1. The summed E-state index contributed by atoms with van der Waals surface area (Å²) in [4.78, 5) is 18.4. The Morgan fingerprint density at radius 3 is 2.57 bits per heavy atom. The maximum Gasteiger partial charge on any atom is 0.410 e. The number of ether oxygens (including phenoxy) is 1. The molecule has 5 nitrogen and oxygen atoms in total. The first kappa shape index (κ1) is 14.2. The van der Waals surface area contributed by atoms with Crippen molar-refractivity contribution in [3.63, 3.8) is 0 Å². The normalized spacial score (nSPS) is 18.8. The third kappa shape index (κ3) is 2.97. The average Bonchev–Trinajstić information content (AvgIpc) is 2.91. The van der Waals surface area contributed by atoms with Crippen LogP contribution in [0.2, 0.25) is 0 Å². The molecule has 0 saturated carbocycles. The fraction of sp³-hybridized carbons (Fsp3) is 0.562. The van der Waals surface area contributed by atoms with Gasteiger partial charge < -0.3 is 14.5 Å². The van der Waals surface area contributed by atoms with E-state index in [9.17, 15) is 4.79 Å². The summed E-state index contributed by atoms with van der Waals surface area (Å²) in [5.41, 5.74) is 3.76. The van der Waals surface area contributed by atoms with Gasteiger partial charge in [0, 0.05) is 45.0 Å². The predicted octanol–water partition coefficient (Wildman–Crippen LogP) is 1.91. The van der Waals surface area contributed by atoms with Crippen LogP contribution in [0, 0.1) is 0 Å². The molecule has 0 spiro atoms. The van der Waals surface area contributed by atoms with Crippen molar-refractivity contribution in [2.24, 2.45) is 0 Å². The SMILES string of the molecule is CCOC(=O)N1Cc2ccc(N3CCN(C)CC3)cc2C1. The summed E-state index contributed by atoms with van der Waals surface area (Å²) in [7, 11) is 2.16. The third-order valence-electron chi connectivity index (χ3n) is 4.31. The van der Waals surface area contributed by atoms with Gasteiger partial charge in [-0.15, -0.1) is 0 Å². The van der Waals surface area contributed by atoms with Gasteiger partial charge in [0.1, 0.15) is 0 Å². The lowest BCUT2D eigenvalue weighted by molar-refractivity contribution is 0.106. The van der Waals surface area contributed by atoms with Crippen LogP contribution in [0.5, 0.6) is 0 Å². The number of rotatable bonds is 2. The lowest BCUT2D eigenvalue weighted by Crippen LogP contribution is -2.44. The van der Waals surface area contributed by atoms with Crippen LogP contribution < -0.4 is 4.90 Å². The first-order valence-corrected chi connectivity index (χ1v) is 7.64. The van der Waals surface area contributed by atoms with E-state index in [4.69, 9.17) is 4.74 Å². The van der Waals surface area contributed by atoms with E-state index in [-0.39, 0.29) is 6.09 Å². The van der Waals surface area contributed by atoms with Crippen LogP contribution in [0.1, 0.15) is 18.1 Å². The summed E-state index contributed by atoms with van der Waals surface area (Å²) in [6, 6.07) is 6.57. The molecule has 0 atom stereocenters. The van der Waals surface area contributed by atoms with Gasteiger partial charge in [0.15, 0.2) is 0 Å². The zero-order chi connectivity index (χ0) is 14.8. The Morgan fingerprint density at radius 1 is 1.14 bits per heavy atom. The highest BCUT2D eigenvalue weighted by Gasteiger charge is 2.25. The summed E-state index contributed by atoms with van der Waals surface area (Å²) in [6.07, 6.45) is -0.213. The molecular formula is C16H23N3O2. The van der Waals surface area contributed by atoms with Crippen molar-refractivity contribution in [3.8, 4) is 0 Å². The molecule has 2 heterocycles. The quantitative estimate of drug-likeness (QED) is 0.833. The number of hydrogen-bond donors (Lipinski definition) is 0. The Balaban J connectivity index is 1.70. The van der Waals surface area contributed by atoms with Gasteiger partial charge in [-0.05, 0) is 37.2 Å². The monoisotopic (exact) mass is 289 g/mol. The Morgan fingerprint density at radius 2 is 1.86 bits per heavy atom. The molecule has 114 valence electrons. The Labute approximate surface area is 126 Å². The molecule has 0 radical (unpaired) electrons. The Kier molecular flexibility index (Phi) is 4.01. The van der Waals surface area contributed by atoms with Crippen LogP contribution in [0.15, 0.2) is 18.2 Å². The standard InChI is InChI=1S/C16H23N3O2/c1-3-21-16(20)19-11-13-4-5-15(10-14(13)12-19)18-8-6-17(2)7-9-18/h4-5,10H,3,6-9,11-12H2,1-2H3. The van der Waals surface area contributed by atoms with Gasteiger partial charge in [-0.2, -0.15) is 0 Å². The van der Waals surface area contributed by atoms with E-state index in [1.165, 1.54) is 16.8 Å². The summed E-state index contributed by atoms with van der Waals surface area (Å²) in [5, 5.41) is 0. The van der Waals surface area contributed by atoms with E-state index in [0.717, 1.165) is 26.2 Å². The second-order valence-corrected chi connectivity index (χ2v) is 5.80. The Bertz CT molecular complexity index is 524. The van der Waals surface area contributed by atoms with Gasteiger partial charge in [-0.1, -0.05) is 6.07 Å². The highest BCUT2D eigenvalue weighted by atomic mass is 16.6. The molecule has 1 saturated heterocycles. The second kappa shape index (κ2) is 5.93. The first-order chi connectivity index (χ1) is 10.2. The van der Waals surface area contributed by atoms with E-state index in [1.54, 1.807) is 4.90 Å². The minimum atomic E-state index is -0.213. The van der Waals surface area contributed by atoms with Crippen molar-refractivity contribution in [1.29, 1.82) is 0 Å². The molecular weight excluding hydrogens is 266 g/mol. The van der Waals surface area contributed by atoms with Crippen LogP contribution in [-0.2, 0) is 17.8 Å². The zero-order valence-corrected chi connectivity index (χ0v) is 12.8. The van der Waals surface area contributed by atoms with E-state index >= 15 is 0 Å². The second-order valence-electron chi connectivity index (χ2n) is 5.80. The lowest BCUT2D eigenvalue weighted by atomic mass is 10.1. The highest BCUT2D eigenvalue weighted by molar-refractivity contribution is 5.69. The van der Waals surface area contributed by atoms with Crippen molar-refractivity contribution < 1.29 is 9.53 Å². The van der Waals surface area contributed by atoms with Crippen molar-refractivity contribution in [1.82, 2.24) is 9.80 Å². The van der Waals surface area contributed by atoms with Gasteiger partial charge in [-0.3, -0.25) is 4.90 Å². The lowest BCUT2D eigenvalue weighted by Gasteiger charge is -2.34. The van der Waals surface area contributed by atoms with Crippen molar-refractivity contribution >= 4 is 11.8 Å². The molecule has 0 unspecified atom stereocenters. The van der Waals surface area contributed by atoms with E-state index in [2.05, 4.69) is 35.0 Å². The fourth-order valence-electron chi connectivity index (χ4n) is 2.99. The minimum Gasteiger partial charge on any atom is -0.450 e. The summed E-state index contributed by atoms with van der Waals surface area (Å²) in [5.74, 6) is 0. The molecule has 3 rings (SSSR count). The van der Waals surface area contributed by atoms with Gasteiger partial charge in [0.2, 0.25) is 0 Å². The van der Waals surface area contributed by atoms with Gasteiger partial charge in [0.25, 0.3) is 0 Å². The molecule has 1 aromatic carbocycles. The van der Waals surface area contributed by atoms with Gasteiger partial charge in [0.05, 0.1) is 6.61 Å². The van der Waals surface area contributed by atoms with Crippen molar-refractivity contribution in [2.45, 2.75) is 20.0 Å². The number of carbonyl (C=O) groups is 1. The number of benzene rings is 1. The molecule has 0 aliphatic carbocycles. The van der Waals surface area contributed by atoms with Crippen molar-refractivity contribution in [3.05, 3.63) is 29.3 Å². The summed E-state index contributed by atoms with van der Waals surface area (Å²) in [6.45, 7) is 7.93. The zero-order valence-electron chi connectivity index (χ0n) is 12.8. The number of nitrogens with zero attached hydrogens (tertiary/aromatic N) is 3. The van der Waals surface area contributed by atoms with Crippen LogP contribution in [0.4, 0.5) is 10.5 Å². The molecule has 0 N–H and O–H groups in total. The molecule has 0 bridgehead atoms. The van der Waals surface area contributed by atoms with Crippen LogP contribution >= 0.6 is 0 Å². The van der Waals surface area contributed by atoms with E-state index < -0.39 is 0 Å². The van der Waals surface area contributed by atoms with Crippen LogP contribution in [0.3, 0.4) is 0 Å². The number of anilines is 1. The average molecular weight is 289 g/mol. The smallest absolute Gasteiger partial charge is 0.410 e. The number of carbonyl (C=O) groups excluding carboxylic acids is 1. The molecule has 5 heteroatoms. The summed E-state index contributed by atoms with van der Waals surface area (Å²) >= 11 is 0. The van der Waals surface area contributed by atoms with E-state index in [0.29, 0.717) is 19.7 Å². The number of amides is 1. The van der Waals surface area contributed by atoms with E-state index in [1.807, 2.05) is 6.92 Å². The molecule has 21 heavy (non-hydrogen) atoms. The molecule has 1 amide bonds. The highest BCUT2D eigenvalue weighted by Crippen LogP contribution is 2.28. The maximum absolute atomic E-state index is 11.8. The maximum atomic E-state index is 11.8. The summed E-state index contributed by atoms with van der Waals surface area (Å²) < 4.78 is 5.09. The van der Waals surface area contributed by atoms with Crippen LogP contribution in [-0.4, -0.2) is 55.7 Å². The molecule has 2 aliphatic heterocycles. The molecule has 2 aliphatic rings. The molecule has 1 aromatic rings. The fourth-order valence-corrected chi connectivity index (χ4v) is 2.99. The topological polar surface area (TPSA) is 36.0 Å². The minimum absolute atomic E-state index is 0.213. The van der Waals surface area contributed by atoms with Gasteiger partial charge >= 0.3 is 6.09 Å². The molecule has 1 fully saturated rings. The first-order valence-electron chi connectivity index (χ1n) is 7.64. The number of hydrogen-bond acceptors (Lipinski definition) is 4. The van der Waals surface area contributed by atoms with Crippen molar-refractivity contribution in [2.75, 3.05) is 44.7 Å².